The molecule has 0 aliphatic rings. The Bertz CT molecular complexity index is 518. The summed E-state index contributed by atoms with van der Waals surface area (Å²) >= 11 is 0. The van der Waals surface area contributed by atoms with Crippen molar-refractivity contribution in [2.24, 2.45) is 0 Å². The number of H-pyrrole nitrogens is 1. The number of rotatable bonds is 2. The lowest BCUT2D eigenvalue weighted by atomic mass is 10.2. The molecular formula is C9H10N4O2. The average Bonchev–Trinajstić information content (AvgIpc) is 2.60. The minimum Gasteiger partial charge on any atom is -0.361 e. The molecule has 0 atom stereocenters. The predicted octanol–water partition coefficient (Wildman–Crippen LogP) is 1.54. The maximum absolute atomic E-state index is 10.8. The Kier molecular flexibility index (Phi) is 2.03. The van der Waals surface area contributed by atoms with Crippen LogP contribution in [0.25, 0.3) is 10.9 Å². The van der Waals surface area contributed by atoms with Gasteiger partial charge < -0.3 is 4.90 Å². The van der Waals surface area contributed by atoms with Crippen LogP contribution in [0, 0.1) is 10.1 Å². The molecule has 0 saturated carbocycles. The molecule has 1 heterocycles. The van der Waals surface area contributed by atoms with Crippen LogP contribution in [0.15, 0.2) is 18.2 Å². The highest BCUT2D eigenvalue weighted by Crippen LogP contribution is 2.31. The minimum absolute atomic E-state index is 0.0740. The summed E-state index contributed by atoms with van der Waals surface area (Å²) in [5, 5.41) is 18.2. The number of anilines is 1. The van der Waals surface area contributed by atoms with E-state index in [1.54, 1.807) is 31.1 Å². The lowest BCUT2D eigenvalue weighted by molar-refractivity contribution is -0.383. The number of nitro benzene ring substituents is 1. The Hall–Kier alpha value is -2.11. The molecule has 2 rings (SSSR count). The molecule has 6 heteroatoms. The zero-order valence-electron chi connectivity index (χ0n) is 8.39. The Morgan fingerprint density at radius 3 is 2.80 bits per heavy atom. The van der Waals surface area contributed by atoms with Crippen LogP contribution < -0.4 is 4.90 Å². The van der Waals surface area contributed by atoms with Crippen LogP contribution in [-0.4, -0.2) is 29.2 Å². The summed E-state index contributed by atoms with van der Waals surface area (Å²) < 4.78 is 0. The van der Waals surface area contributed by atoms with Crippen molar-refractivity contribution in [1.82, 2.24) is 10.2 Å². The fraction of sp³-hybridized carbons (Fsp3) is 0.222. The first-order valence-corrected chi connectivity index (χ1v) is 4.40. The highest BCUT2D eigenvalue weighted by Gasteiger charge is 2.18. The fourth-order valence-electron chi connectivity index (χ4n) is 1.51. The van der Waals surface area contributed by atoms with Gasteiger partial charge in [0.15, 0.2) is 5.82 Å². The third kappa shape index (κ3) is 1.39. The van der Waals surface area contributed by atoms with Gasteiger partial charge in [-0.05, 0) is 6.07 Å². The van der Waals surface area contributed by atoms with Gasteiger partial charge in [-0.3, -0.25) is 15.2 Å². The fourth-order valence-corrected chi connectivity index (χ4v) is 1.51. The van der Waals surface area contributed by atoms with Crippen molar-refractivity contribution in [3.05, 3.63) is 28.3 Å². The highest BCUT2D eigenvalue weighted by molar-refractivity contribution is 5.97. The normalized spacial score (nSPS) is 10.5. The summed E-state index contributed by atoms with van der Waals surface area (Å²) in [6.07, 6.45) is 0. The first-order valence-electron chi connectivity index (χ1n) is 4.40. The number of fused-ring (bicyclic) bond motifs is 1. The second kappa shape index (κ2) is 3.23. The van der Waals surface area contributed by atoms with Gasteiger partial charge in [-0.25, -0.2) is 0 Å². The topological polar surface area (TPSA) is 75.1 Å². The van der Waals surface area contributed by atoms with Gasteiger partial charge >= 0.3 is 0 Å². The third-order valence-corrected chi connectivity index (χ3v) is 2.17. The van der Waals surface area contributed by atoms with Crippen molar-refractivity contribution in [2.75, 3.05) is 19.0 Å². The molecule has 2 aromatic rings. The van der Waals surface area contributed by atoms with E-state index < -0.39 is 4.92 Å². The number of non-ortho nitro benzene ring substituents is 1. The van der Waals surface area contributed by atoms with Crippen molar-refractivity contribution in [3.8, 4) is 0 Å². The van der Waals surface area contributed by atoms with E-state index in [0.717, 1.165) is 0 Å². The molecule has 0 aliphatic heterocycles. The number of nitrogens with one attached hydrogen (secondary N) is 1. The molecule has 1 aromatic heterocycles. The number of benzene rings is 1. The van der Waals surface area contributed by atoms with Crippen molar-refractivity contribution < 1.29 is 4.92 Å². The molecule has 0 saturated heterocycles. The molecule has 0 aliphatic carbocycles. The van der Waals surface area contributed by atoms with E-state index in [0.29, 0.717) is 16.7 Å². The molecule has 1 N–H and O–H groups in total. The zero-order valence-corrected chi connectivity index (χ0v) is 8.39. The molecule has 6 nitrogen and oxygen atoms in total. The van der Waals surface area contributed by atoms with Gasteiger partial charge in [-0.15, -0.1) is 0 Å². The van der Waals surface area contributed by atoms with E-state index in [9.17, 15) is 10.1 Å². The molecule has 0 radical (unpaired) electrons. The van der Waals surface area contributed by atoms with E-state index in [-0.39, 0.29) is 5.69 Å². The SMILES string of the molecule is CN(C)c1n[nH]c2cccc([N+](=O)[O-])c12. The van der Waals surface area contributed by atoms with Crippen molar-refractivity contribution in [3.63, 3.8) is 0 Å². The van der Waals surface area contributed by atoms with Crippen molar-refractivity contribution >= 4 is 22.4 Å². The van der Waals surface area contributed by atoms with Gasteiger partial charge in [0, 0.05) is 20.2 Å². The standard InChI is InChI=1S/C9H10N4O2/c1-12(2)9-8-6(10-11-9)4-3-5-7(8)13(14)15/h3-5H,1-2H3,(H,10,11). The molecule has 15 heavy (non-hydrogen) atoms. The summed E-state index contributed by atoms with van der Waals surface area (Å²) in [6.45, 7) is 0. The number of aromatic nitrogens is 2. The Morgan fingerprint density at radius 2 is 2.20 bits per heavy atom. The number of aromatic amines is 1. The van der Waals surface area contributed by atoms with Crippen molar-refractivity contribution in [2.45, 2.75) is 0 Å². The van der Waals surface area contributed by atoms with Gasteiger partial charge in [0.05, 0.1) is 10.4 Å². The van der Waals surface area contributed by atoms with E-state index >= 15 is 0 Å². The number of nitro groups is 1. The quantitative estimate of drug-likeness (QED) is 0.597. The van der Waals surface area contributed by atoms with Crippen LogP contribution >= 0.6 is 0 Å². The van der Waals surface area contributed by atoms with Crippen LogP contribution in [0.3, 0.4) is 0 Å². The Morgan fingerprint density at radius 1 is 1.47 bits per heavy atom. The monoisotopic (exact) mass is 206 g/mol. The predicted molar refractivity (Wildman–Crippen MR) is 57.1 cm³/mol. The number of hydrogen-bond donors (Lipinski definition) is 1. The molecular weight excluding hydrogens is 196 g/mol. The van der Waals surface area contributed by atoms with Crippen molar-refractivity contribution in [1.29, 1.82) is 0 Å². The summed E-state index contributed by atoms with van der Waals surface area (Å²) in [5.41, 5.74) is 0.748. The first-order chi connectivity index (χ1) is 7.11. The molecule has 0 fully saturated rings. The van der Waals surface area contributed by atoms with Crippen LogP contribution in [0.2, 0.25) is 0 Å². The van der Waals surface area contributed by atoms with Crippen LogP contribution in [0.4, 0.5) is 11.5 Å². The summed E-state index contributed by atoms with van der Waals surface area (Å²) in [7, 11) is 3.60. The molecule has 0 spiro atoms. The van der Waals surface area contributed by atoms with E-state index in [1.165, 1.54) is 6.07 Å². The summed E-state index contributed by atoms with van der Waals surface area (Å²) in [4.78, 5) is 12.2. The molecule has 0 amide bonds. The molecule has 78 valence electrons. The van der Waals surface area contributed by atoms with Gasteiger partial charge in [-0.2, -0.15) is 5.10 Å². The highest BCUT2D eigenvalue weighted by atomic mass is 16.6. The van der Waals surface area contributed by atoms with Gasteiger partial charge in [0.25, 0.3) is 5.69 Å². The largest absolute Gasteiger partial charge is 0.361 e. The van der Waals surface area contributed by atoms with Crippen LogP contribution in [0.5, 0.6) is 0 Å². The average molecular weight is 206 g/mol. The molecule has 0 bridgehead atoms. The number of hydrogen-bond acceptors (Lipinski definition) is 4. The van der Waals surface area contributed by atoms with E-state index in [1.807, 2.05) is 0 Å². The van der Waals surface area contributed by atoms with E-state index in [2.05, 4.69) is 10.2 Å². The molecule has 0 unspecified atom stereocenters. The lowest BCUT2D eigenvalue weighted by Crippen LogP contribution is -2.09. The zero-order chi connectivity index (χ0) is 11.0. The van der Waals surface area contributed by atoms with E-state index in [4.69, 9.17) is 0 Å². The second-order valence-corrected chi connectivity index (χ2v) is 3.40. The minimum atomic E-state index is -0.398. The summed E-state index contributed by atoms with van der Waals surface area (Å²) in [6, 6.07) is 4.88. The third-order valence-electron chi connectivity index (χ3n) is 2.17. The maximum Gasteiger partial charge on any atom is 0.282 e. The number of nitrogens with zero attached hydrogens (tertiary/aromatic N) is 3. The van der Waals surface area contributed by atoms with Crippen LogP contribution in [-0.2, 0) is 0 Å². The van der Waals surface area contributed by atoms with Gasteiger partial charge in [-0.1, -0.05) is 6.07 Å². The first kappa shape index (κ1) is 9.45. The Labute approximate surface area is 85.7 Å². The lowest BCUT2D eigenvalue weighted by Gasteiger charge is -2.07. The van der Waals surface area contributed by atoms with Gasteiger partial charge in [0.2, 0.25) is 0 Å². The molecule has 1 aromatic carbocycles. The summed E-state index contributed by atoms with van der Waals surface area (Å²) in [5.74, 6) is 0.581. The maximum atomic E-state index is 10.8. The smallest absolute Gasteiger partial charge is 0.282 e. The Balaban J connectivity index is 2.80. The van der Waals surface area contributed by atoms with Crippen LogP contribution in [0.1, 0.15) is 0 Å². The van der Waals surface area contributed by atoms with Gasteiger partial charge in [0.1, 0.15) is 5.39 Å². The second-order valence-electron chi connectivity index (χ2n) is 3.40.